The van der Waals surface area contributed by atoms with Crippen molar-refractivity contribution in [2.45, 2.75) is 25.5 Å². The minimum atomic E-state index is -0.429. The molecule has 0 unspecified atom stereocenters. The molecule has 2 aromatic carbocycles. The fourth-order valence-electron chi connectivity index (χ4n) is 3.12. The number of terminal acetylenes is 1. The van der Waals surface area contributed by atoms with E-state index in [2.05, 4.69) is 11.2 Å². The molecule has 1 N–H and O–H groups in total. The summed E-state index contributed by atoms with van der Waals surface area (Å²) in [7, 11) is 0. The average molecular weight is 362 g/mol. The van der Waals surface area contributed by atoms with Crippen LogP contribution in [0.25, 0.3) is 0 Å². The van der Waals surface area contributed by atoms with Crippen molar-refractivity contribution in [2.75, 3.05) is 13.1 Å². The van der Waals surface area contributed by atoms with E-state index < -0.39 is 6.09 Å². The molecule has 27 heavy (non-hydrogen) atoms. The van der Waals surface area contributed by atoms with Gasteiger partial charge in [0.25, 0.3) is 5.91 Å². The molecule has 0 aliphatic carbocycles. The summed E-state index contributed by atoms with van der Waals surface area (Å²) in [5, 5.41) is 2.88. The third kappa shape index (κ3) is 4.89. The van der Waals surface area contributed by atoms with Gasteiger partial charge in [0.1, 0.15) is 6.61 Å². The third-order valence-electron chi connectivity index (χ3n) is 4.63. The van der Waals surface area contributed by atoms with Crippen molar-refractivity contribution < 1.29 is 14.3 Å². The Morgan fingerprint density at radius 3 is 2.44 bits per heavy atom. The molecule has 1 aliphatic rings. The summed E-state index contributed by atoms with van der Waals surface area (Å²) in [6.45, 7) is 1.38. The van der Waals surface area contributed by atoms with Crippen molar-refractivity contribution in [3.8, 4) is 12.3 Å². The molecule has 0 spiro atoms. The molecule has 3 rings (SSSR count). The molecule has 0 radical (unpaired) electrons. The lowest BCUT2D eigenvalue weighted by molar-refractivity contribution is 0.0700. The Kier molecular flexibility index (Phi) is 6.11. The molecule has 1 fully saturated rings. The zero-order valence-corrected chi connectivity index (χ0v) is 15.1. The first-order valence-electron chi connectivity index (χ1n) is 8.99. The van der Waals surface area contributed by atoms with Crippen LogP contribution in [0.1, 0.15) is 34.3 Å². The Morgan fingerprint density at radius 2 is 1.74 bits per heavy atom. The zero-order valence-electron chi connectivity index (χ0n) is 15.1. The summed E-state index contributed by atoms with van der Waals surface area (Å²) in [5.74, 6) is 2.50. The molecule has 1 aliphatic heterocycles. The smallest absolute Gasteiger partial charge is 0.407 e. The molecule has 138 valence electrons. The summed E-state index contributed by atoms with van der Waals surface area (Å²) >= 11 is 0. The molecule has 0 aromatic heterocycles. The number of nitrogens with one attached hydrogen (secondary N) is 1. The topological polar surface area (TPSA) is 58.6 Å². The second-order valence-electron chi connectivity index (χ2n) is 6.46. The van der Waals surface area contributed by atoms with Gasteiger partial charge in [-0.3, -0.25) is 4.79 Å². The van der Waals surface area contributed by atoms with E-state index >= 15 is 0 Å². The molecule has 2 aromatic rings. The van der Waals surface area contributed by atoms with E-state index in [0.717, 1.165) is 5.56 Å². The predicted octanol–water partition coefficient (Wildman–Crippen LogP) is 3.20. The van der Waals surface area contributed by atoms with Crippen LogP contribution >= 0.6 is 0 Å². The number of likely N-dealkylation sites (tertiary alicyclic amines) is 1. The minimum absolute atomic E-state index is 0.000186. The van der Waals surface area contributed by atoms with Gasteiger partial charge < -0.3 is 15.0 Å². The first-order valence-corrected chi connectivity index (χ1v) is 8.99. The lowest BCUT2D eigenvalue weighted by Gasteiger charge is -2.32. The number of rotatable bonds is 4. The number of alkyl carbamates (subject to hydrolysis) is 1. The van der Waals surface area contributed by atoms with Crippen LogP contribution in [-0.2, 0) is 11.3 Å². The molecule has 0 bridgehead atoms. The monoisotopic (exact) mass is 362 g/mol. The van der Waals surface area contributed by atoms with Crippen LogP contribution in [-0.4, -0.2) is 36.0 Å². The van der Waals surface area contributed by atoms with E-state index in [0.29, 0.717) is 37.1 Å². The van der Waals surface area contributed by atoms with Crippen LogP contribution in [0.15, 0.2) is 54.6 Å². The van der Waals surface area contributed by atoms with Gasteiger partial charge in [-0.25, -0.2) is 4.79 Å². The maximum absolute atomic E-state index is 12.7. The minimum Gasteiger partial charge on any atom is -0.445 e. The molecule has 1 heterocycles. The summed E-state index contributed by atoms with van der Waals surface area (Å²) in [6, 6.07) is 16.7. The van der Waals surface area contributed by atoms with Crippen LogP contribution in [0.3, 0.4) is 0 Å². The molecule has 5 heteroatoms. The second-order valence-corrected chi connectivity index (χ2v) is 6.46. The highest BCUT2D eigenvalue weighted by atomic mass is 16.5. The van der Waals surface area contributed by atoms with Gasteiger partial charge in [0.2, 0.25) is 0 Å². The second kappa shape index (κ2) is 8.91. The van der Waals surface area contributed by atoms with E-state index in [-0.39, 0.29) is 18.6 Å². The Labute approximate surface area is 159 Å². The fraction of sp³-hybridized carbons (Fsp3) is 0.273. The number of amides is 2. The van der Waals surface area contributed by atoms with Crippen LogP contribution in [0.5, 0.6) is 0 Å². The van der Waals surface area contributed by atoms with Gasteiger partial charge >= 0.3 is 6.09 Å². The number of hydrogen-bond acceptors (Lipinski definition) is 3. The number of nitrogens with zero attached hydrogens (tertiary/aromatic N) is 1. The normalized spacial score (nSPS) is 14.3. The number of ether oxygens (including phenoxy) is 1. The van der Waals surface area contributed by atoms with E-state index in [9.17, 15) is 9.59 Å². The number of hydrogen-bond donors (Lipinski definition) is 1. The number of piperidine rings is 1. The molecular formula is C22H22N2O3. The van der Waals surface area contributed by atoms with Crippen LogP contribution in [0.2, 0.25) is 0 Å². The van der Waals surface area contributed by atoms with Gasteiger partial charge in [-0.2, -0.15) is 0 Å². The van der Waals surface area contributed by atoms with Crippen molar-refractivity contribution in [3.05, 3.63) is 71.3 Å². The van der Waals surface area contributed by atoms with Crippen molar-refractivity contribution in [3.63, 3.8) is 0 Å². The van der Waals surface area contributed by atoms with Crippen molar-refractivity contribution in [1.82, 2.24) is 10.2 Å². The number of carbonyl (C=O) groups is 2. The first kappa shape index (κ1) is 18.5. The number of carbonyl (C=O) groups excluding carboxylic acids is 2. The van der Waals surface area contributed by atoms with Crippen LogP contribution < -0.4 is 5.32 Å². The van der Waals surface area contributed by atoms with Gasteiger partial charge in [0, 0.05) is 24.7 Å². The summed E-state index contributed by atoms with van der Waals surface area (Å²) in [5.41, 5.74) is 2.10. The lowest BCUT2D eigenvalue weighted by Crippen LogP contribution is -2.46. The van der Waals surface area contributed by atoms with E-state index in [1.54, 1.807) is 17.0 Å². The Hall–Kier alpha value is -3.26. The van der Waals surface area contributed by atoms with Crippen molar-refractivity contribution in [2.24, 2.45) is 0 Å². The number of benzene rings is 2. The summed E-state index contributed by atoms with van der Waals surface area (Å²) in [4.78, 5) is 26.4. The highest BCUT2D eigenvalue weighted by Crippen LogP contribution is 2.16. The molecule has 5 nitrogen and oxygen atoms in total. The van der Waals surface area contributed by atoms with Crippen LogP contribution in [0, 0.1) is 12.3 Å². The van der Waals surface area contributed by atoms with E-state index in [1.807, 2.05) is 42.5 Å². The third-order valence-corrected chi connectivity index (χ3v) is 4.63. The molecule has 0 saturated carbocycles. The molecule has 0 atom stereocenters. The van der Waals surface area contributed by atoms with E-state index in [1.165, 1.54) is 0 Å². The molecule has 2 amide bonds. The van der Waals surface area contributed by atoms with Gasteiger partial charge in [-0.15, -0.1) is 6.42 Å². The van der Waals surface area contributed by atoms with Gasteiger partial charge in [0.15, 0.2) is 0 Å². The van der Waals surface area contributed by atoms with Gasteiger partial charge in [-0.1, -0.05) is 48.4 Å². The highest BCUT2D eigenvalue weighted by Gasteiger charge is 2.25. The van der Waals surface area contributed by atoms with Gasteiger partial charge in [0.05, 0.1) is 5.56 Å². The summed E-state index contributed by atoms with van der Waals surface area (Å²) < 4.78 is 5.25. The van der Waals surface area contributed by atoms with E-state index in [4.69, 9.17) is 11.2 Å². The molecular weight excluding hydrogens is 340 g/mol. The lowest BCUT2D eigenvalue weighted by atomic mass is 10.0. The van der Waals surface area contributed by atoms with Crippen molar-refractivity contribution in [1.29, 1.82) is 0 Å². The SMILES string of the molecule is C#Cc1ccccc1C(=O)N1CCC(NC(=O)OCc2ccccc2)CC1. The Balaban J connectivity index is 1.46. The Morgan fingerprint density at radius 1 is 1.07 bits per heavy atom. The summed E-state index contributed by atoms with van der Waals surface area (Å²) in [6.07, 6.45) is 6.42. The Bertz CT molecular complexity index is 834. The fourth-order valence-corrected chi connectivity index (χ4v) is 3.12. The maximum Gasteiger partial charge on any atom is 0.407 e. The predicted molar refractivity (Wildman–Crippen MR) is 103 cm³/mol. The quantitative estimate of drug-likeness (QED) is 0.850. The maximum atomic E-state index is 12.7. The average Bonchev–Trinajstić information content (AvgIpc) is 2.73. The standard InChI is InChI=1S/C22H22N2O3/c1-2-18-10-6-7-11-20(18)21(25)24-14-12-19(13-15-24)23-22(26)27-16-17-8-4-3-5-9-17/h1,3-11,19H,12-16H2,(H,23,26). The van der Waals surface area contributed by atoms with Crippen molar-refractivity contribution >= 4 is 12.0 Å². The largest absolute Gasteiger partial charge is 0.445 e. The van der Waals surface area contributed by atoms with Gasteiger partial charge in [-0.05, 0) is 30.5 Å². The molecule has 1 saturated heterocycles. The van der Waals surface area contributed by atoms with Crippen LogP contribution in [0.4, 0.5) is 4.79 Å². The highest BCUT2D eigenvalue weighted by molar-refractivity contribution is 5.96. The first-order chi connectivity index (χ1) is 13.2. The zero-order chi connectivity index (χ0) is 19.1.